The van der Waals surface area contributed by atoms with Crippen molar-refractivity contribution in [2.75, 3.05) is 5.32 Å². The van der Waals surface area contributed by atoms with Gasteiger partial charge in [0.05, 0.1) is 29.5 Å². The van der Waals surface area contributed by atoms with Crippen molar-refractivity contribution in [3.05, 3.63) is 66.2 Å². The van der Waals surface area contributed by atoms with Crippen LogP contribution in [-0.4, -0.2) is 30.5 Å². The van der Waals surface area contributed by atoms with E-state index in [9.17, 15) is 4.79 Å². The molecule has 1 N–H and O–H groups in total. The summed E-state index contributed by atoms with van der Waals surface area (Å²) in [5.74, 6) is -0.0508. The number of carbonyl (C=O) groups is 1. The van der Waals surface area contributed by atoms with E-state index >= 15 is 0 Å². The maximum atomic E-state index is 12.3. The largest absolute Gasteiger partial charge is 0.325 e. The van der Waals surface area contributed by atoms with Crippen LogP contribution in [0.15, 0.2) is 55.0 Å². The van der Waals surface area contributed by atoms with E-state index in [0.717, 1.165) is 28.0 Å². The minimum absolute atomic E-state index is 0.0508. The lowest BCUT2D eigenvalue weighted by molar-refractivity contribution is -0.116. The smallest absolute Gasteiger partial charge is 0.224 e. The molecular formula is C20H20N6O. The van der Waals surface area contributed by atoms with Gasteiger partial charge in [0.15, 0.2) is 5.65 Å². The van der Waals surface area contributed by atoms with Crippen molar-refractivity contribution < 1.29 is 4.79 Å². The van der Waals surface area contributed by atoms with Gasteiger partial charge in [0.1, 0.15) is 0 Å². The van der Waals surface area contributed by atoms with E-state index in [2.05, 4.69) is 20.5 Å². The molecule has 0 spiro atoms. The van der Waals surface area contributed by atoms with Gasteiger partial charge in [0.2, 0.25) is 5.91 Å². The van der Waals surface area contributed by atoms with Crippen LogP contribution >= 0.6 is 0 Å². The number of hydrogen-bond acceptors (Lipinski definition) is 4. The summed E-state index contributed by atoms with van der Waals surface area (Å²) in [6, 6.07) is 11.8. The fourth-order valence-corrected chi connectivity index (χ4v) is 3.07. The first kappa shape index (κ1) is 17.0. The zero-order chi connectivity index (χ0) is 18.8. The molecule has 0 atom stereocenters. The maximum Gasteiger partial charge on any atom is 0.224 e. The second-order valence-corrected chi connectivity index (χ2v) is 6.48. The molecule has 27 heavy (non-hydrogen) atoms. The fourth-order valence-electron chi connectivity index (χ4n) is 3.07. The molecule has 1 amide bonds. The molecule has 0 aliphatic heterocycles. The zero-order valence-corrected chi connectivity index (χ0v) is 15.3. The van der Waals surface area contributed by atoms with Crippen LogP contribution in [-0.2, 0) is 18.3 Å². The Balaban J connectivity index is 1.39. The number of para-hydroxylation sites is 1. The third-order valence-electron chi connectivity index (χ3n) is 4.44. The Labute approximate surface area is 156 Å². The number of pyridine rings is 1. The number of nitrogens with zero attached hydrogens (tertiary/aromatic N) is 5. The van der Waals surface area contributed by atoms with Gasteiger partial charge in [-0.05, 0) is 37.1 Å². The average molecular weight is 360 g/mol. The molecule has 0 radical (unpaired) electrons. The monoisotopic (exact) mass is 360 g/mol. The highest BCUT2D eigenvalue weighted by Gasteiger charge is 2.10. The molecular weight excluding hydrogens is 340 g/mol. The molecule has 0 aliphatic rings. The van der Waals surface area contributed by atoms with Gasteiger partial charge in [0.25, 0.3) is 0 Å². The number of carbonyl (C=O) groups excluding carboxylic acids is 1. The van der Waals surface area contributed by atoms with Crippen molar-refractivity contribution in [3.63, 3.8) is 0 Å². The summed E-state index contributed by atoms with van der Waals surface area (Å²) in [4.78, 5) is 16.7. The van der Waals surface area contributed by atoms with Crippen molar-refractivity contribution in [1.29, 1.82) is 0 Å². The Morgan fingerprint density at radius 1 is 1.19 bits per heavy atom. The van der Waals surface area contributed by atoms with Crippen LogP contribution in [0.4, 0.5) is 5.69 Å². The molecule has 3 aromatic heterocycles. The number of fused-ring (bicyclic) bond motifs is 1. The van der Waals surface area contributed by atoms with Crippen LogP contribution < -0.4 is 5.32 Å². The number of aryl methyl sites for hydroxylation is 3. The van der Waals surface area contributed by atoms with Gasteiger partial charge in [-0.15, -0.1) is 0 Å². The highest BCUT2D eigenvalue weighted by Crippen LogP contribution is 2.19. The van der Waals surface area contributed by atoms with Gasteiger partial charge in [-0.2, -0.15) is 10.2 Å². The van der Waals surface area contributed by atoms with E-state index in [-0.39, 0.29) is 5.91 Å². The van der Waals surface area contributed by atoms with Crippen molar-refractivity contribution in [1.82, 2.24) is 24.5 Å². The number of aromatic nitrogens is 5. The number of benzene rings is 1. The van der Waals surface area contributed by atoms with E-state index in [4.69, 9.17) is 0 Å². The molecule has 0 saturated carbocycles. The van der Waals surface area contributed by atoms with Gasteiger partial charge in [-0.3, -0.25) is 9.48 Å². The average Bonchev–Trinajstić information content (AvgIpc) is 3.26. The quantitative estimate of drug-likeness (QED) is 0.593. The summed E-state index contributed by atoms with van der Waals surface area (Å²) < 4.78 is 3.55. The summed E-state index contributed by atoms with van der Waals surface area (Å²) in [5.41, 5.74) is 4.40. The molecule has 0 saturated heterocycles. The highest BCUT2D eigenvalue weighted by molar-refractivity contribution is 5.93. The van der Waals surface area contributed by atoms with Crippen LogP contribution in [0.25, 0.3) is 16.7 Å². The summed E-state index contributed by atoms with van der Waals surface area (Å²) in [6.07, 6.45) is 6.42. The lowest BCUT2D eigenvalue weighted by Gasteiger charge is -2.05. The third-order valence-corrected chi connectivity index (χ3v) is 4.44. The molecule has 0 aliphatic carbocycles. The van der Waals surface area contributed by atoms with Gasteiger partial charge in [0, 0.05) is 25.1 Å². The van der Waals surface area contributed by atoms with Crippen molar-refractivity contribution in [2.45, 2.75) is 19.8 Å². The van der Waals surface area contributed by atoms with Gasteiger partial charge in [-0.25, -0.2) is 9.67 Å². The van der Waals surface area contributed by atoms with Crippen molar-refractivity contribution in [3.8, 4) is 5.69 Å². The minimum Gasteiger partial charge on any atom is -0.325 e. The predicted octanol–water partition coefficient (Wildman–Crippen LogP) is 3.03. The molecule has 0 fully saturated rings. The van der Waals surface area contributed by atoms with Crippen LogP contribution in [0.1, 0.15) is 17.7 Å². The molecule has 136 valence electrons. The fraction of sp³-hybridized carbons (Fsp3) is 0.200. The van der Waals surface area contributed by atoms with Crippen LogP contribution in [0.2, 0.25) is 0 Å². The summed E-state index contributed by atoms with van der Waals surface area (Å²) >= 11 is 0. The molecule has 0 bridgehead atoms. The lowest BCUT2D eigenvalue weighted by atomic mass is 10.2. The summed E-state index contributed by atoms with van der Waals surface area (Å²) in [6.45, 7) is 1.93. The Morgan fingerprint density at radius 3 is 2.81 bits per heavy atom. The zero-order valence-electron chi connectivity index (χ0n) is 15.3. The standard InChI is InChI=1S/C20H20N6O/c1-14-18-10-16(12-21-20(18)25(2)24-14)23-19(27)9-8-15-11-22-26(13-15)17-6-4-3-5-7-17/h3-7,10-13H,8-9H2,1-2H3,(H,23,27). The van der Waals surface area contributed by atoms with Gasteiger partial charge >= 0.3 is 0 Å². The molecule has 7 heteroatoms. The normalized spacial score (nSPS) is 11.0. The van der Waals surface area contributed by atoms with Gasteiger partial charge < -0.3 is 5.32 Å². The number of hydrogen-bond donors (Lipinski definition) is 1. The second kappa shape index (κ2) is 7.03. The van der Waals surface area contributed by atoms with Crippen LogP contribution in [0, 0.1) is 6.92 Å². The number of nitrogens with one attached hydrogen (secondary N) is 1. The first-order valence-electron chi connectivity index (χ1n) is 8.78. The Kier molecular flexibility index (Phi) is 4.42. The first-order valence-corrected chi connectivity index (χ1v) is 8.78. The minimum atomic E-state index is -0.0508. The number of anilines is 1. The molecule has 7 nitrogen and oxygen atoms in total. The topological polar surface area (TPSA) is 77.6 Å². The first-order chi connectivity index (χ1) is 13.1. The third kappa shape index (κ3) is 3.57. The molecule has 4 rings (SSSR count). The van der Waals surface area contributed by atoms with Crippen molar-refractivity contribution in [2.24, 2.45) is 7.05 Å². The SMILES string of the molecule is Cc1nn(C)c2ncc(NC(=O)CCc3cnn(-c4ccccc4)c3)cc12. The molecule has 1 aromatic carbocycles. The van der Waals surface area contributed by atoms with E-state index in [1.165, 1.54) is 0 Å². The second-order valence-electron chi connectivity index (χ2n) is 6.48. The van der Waals surface area contributed by atoms with E-state index in [1.807, 2.05) is 61.2 Å². The highest BCUT2D eigenvalue weighted by atomic mass is 16.1. The predicted molar refractivity (Wildman–Crippen MR) is 104 cm³/mol. The molecule has 0 unspecified atom stereocenters. The van der Waals surface area contributed by atoms with Crippen LogP contribution in [0.3, 0.4) is 0 Å². The van der Waals surface area contributed by atoms with Crippen molar-refractivity contribution >= 4 is 22.6 Å². The number of rotatable bonds is 5. The Bertz CT molecular complexity index is 1100. The Hall–Kier alpha value is -3.48. The van der Waals surface area contributed by atoms with Gasteiger partial charge in [-0.1, -0.05) is 18.2 Å². The summed E-state index contributed by atoms with van der Waals surface area (Å²) in [5, 5.41) is 12.6. The van der Waals surface area contributed by atoms with Crippen LogP contribution in [0.5, 0.6) is 0 Å². The number of amides is 1. The lowest BCUT2D eigenvalue weighted by Crippen LogP contribution is -2.12. The summed E-state index contributed by atoms with van der Waals surface area (Å²) in [7, 11) is 1.86. The molecule has 3 heterocycles. The van der Waals surface area contributed by atoms with E-state index in [1.54, 1.807) is 17.1 Å². The maximum absolute atomic E-state index is 12.3. The Morgan fingerprint density at radius 2 is 2.00 bits per heavy atom. The van der Waals surface area contributed by atoms with E-state index in [0.29, 0.717) is 18.5 Å². The van der Waals surface area contributed by atoms with E-state index < -0.39 is 0 Å². The molecule has 4 aromatic rings.